The van der Waals surface area contributed by atoms with Crippen LogP contribution in [0.5, 0.6) is 0 Å². The molecule has 0 spiro atoms. The summed E-state index contributed by atoms with van der Waals surface area (Å²) in [4.78, 5) is 26.0. The number of Topliss-reactive ketones (excluding diaryl/α,β-unsaturated/α-hetero) is 1. The molecule has 4 nitrogen and oxygen atoms in total. The molecule has 3 rings (SSSR count). The normalized spacial score (nSPS) is 17.6. The standard InChI is InChI=1S/C20H21NO3/c22-19-11-12-21(18(14-19)13-16-7-3-1-4-8-16)20(23)24-15-17-9-5-2-6-10-17/h1-10,18H,11-15H2. The monoisotopic (exact) mass is 323 g/mol. The van der Waals surface area contributed by atoms with Gasteiger partial charge in [-0.05, 0) is 17.5 Å². The minimum atomic E-state index is -0.340. The van der Waals surface area contributed by atoms with Crippen LogP contribution < -0.4 is 0 Å². The topological polar surface area (TPSA) is 46.6 Å². The molecule has 0 bridgehead atoms. The number of benzene rings is 2. The number of carbonyl (C=O) groups excluding carboxylic acids is 2. The van der Waals surface area contributed by atoms with Gasteiger partial charge in [0.15, 0.2) is 0 Å². The van der Waals surface area contributed by atoms with Crippen LogP contribution >= 0.6 is 0 Å². The lowest BCUT2D eigenvalue weighted by molar-refractivity contribution is -0.122. The fraction of sp³-hybridized carbons (Fsp3) is 0.300. The summed E-state index contributed by atoms with van der Waals surface area (Å²) in [6, 6.07) is 19.4. The largest absolute Gasteiger partial charge is 0.445 e. The highest BCUT2D eigenvalue weighted by Crippen LogP contribution is 2.20. The molecule has 124 valence electrons. The van der Waals surface area contributed by atoms with E-state index < -0.39 is 0 Å². The third kappa shape index (κ3) is 4.22. The second-order valence-electron chi connectivity index (χ2n) is 6.07. The van der Waals surface area contributed by atoms with E-state index in [4.69, 9.17) is 4.74 Å². The molecule has 1 unspecified atom stereocenters. The number of rotatable bonds is 4. The van der Waals surface area contributed by atoms with Gasteiger partial charge in [0.05, 0.1) is 0 Å². The van der Waals surface area contributed by atoms with Crippen molar-refractivity contribution < 1.29 is 14.3 Å². The van der Waals surface area contributed by atoms with E-state index in [1.807, 2.05) is 60.7 Å². The first-order valence-electron chi connectivity index (χ1n) is 8.25. The van der Waals surface area contributed by atoms with Gasteiger partial charge in [-0.2, -0.15) is 0 Å². The molecule has 1 aliphatic rings. The molecule has 24 heavy (non-hydrogen) atoms. The Balaban J connectivity index is 1.64. The third-order valence-electron chi connectivity index (χ3n) is 4.29. The van der Waals surface area contributed by atoms with Gasteiger partial charge in [-0.15, -0.1) is 0 Å². The molecular weight excluding hydrogens is 302 g/mol. The van der Waals surface area contributed by atoms with Crippen LogP contribution in [0.1, 0.15) is 24.0 Å². The Hall–Kier alpha value is -2.62. The summed E-state index contributed by atoms with van der Waals surface area (Å²) in [5.74, 6) is 0.211. The first kappa shape index (κ1) is 16.2. The summed E-state index contributed by atoms with van der Waals surface area (Å²) in [6.45, 7) is 0.687. The number of hydrogen-bond acceptors (Lipinski definition) is 3. The molecule has 1 fully saturated rings. The first-order valence-corrected chi connectivity index (χ1v) is 8.25. The summed E-state index contributed by atoms with van der Waals surface area (Å²) < 4.78 is 5.45. The van der Waals surface area contributed by atoms with Crippen LogP contribution in [-0.2, 0) is 22.6 Å². The van der Waals surface area contributed by atoms with E-state index >= 15 is 0 Å². The number of nitrogens with zero attached hydrogens (tertiary/aromatic N) is 1. The Morgan fingerprint density at radius 3 is 2.29 bits per heavy atom. The molecular formula is C20H21NO3. The molecule has 0 aromatic heterocycles. The highest BCUT2D eigenvalue weighted by Gasteiger charge is 2.31. The van der Waals surface area contributed by atoms with Gasteiger partial charge in [-0.1, -0.05) is 60.7 Å². The van der Waals surface area contributed by atoms with Crippen LogP contribution in [0.4, 0.5) is 4.79 Å². The van der Waals surface area contributed by atoms with Gasteiger partial charge in [0.25, 0.3) is 0 Å². The van der Waals surface area contributed by atoms with E-state index in [0.29, 0.717) is 25.8 Å². The van der Waals surface area contributed by atoms with E-state index in [2.05, 4.69) is 0 Å². The highest BCUT2D eigenvalue weighted by molar-refractivity contribution is 5.82. The van der Waals surface area contributed by atoms with Crippen molar-refractivity contribution >= 4 is 11.9 Å². The average Bonchev–Trinajstić information content (AvgIpc) is 2.62. The zero-order chi connectivity index (χ0) is 16.8. The minimum Gasteiger partial charge on any atom is -0.445 e. The summed E-state index contributed by atoms with van der Waals surface area (Å²) in [5.41, 5.74) is 2.08. The number of likely N-dealkylation sites (tertiary alicyclic amines) is 1. The van der Waals surface area contributed by atoms with Crippen LogP contribution in [0.3, 0.4) is 0 Å². The maximum Gasteiger partial charge on any atom is 0.410 e. The molecule has 4 heteroatoms. The van der Waals surface area contributed by atoms with Crippen molar-refractivity contribution in [3.63, 3.8) is 0 Å². The molecule has 1 aliphatic heterocycles. The molecule has 2 aromatic carbocycles. The lowest BCUT2D eigenvalue weighted by Crippen LogP contribution is -2.47. The van der Waals surface area contributed by atoms with Crippen molar-refractivity contribution in [3.8, 4) is 0 Å². The molecule has 0 radical (unpaired) electrons. The van der Waals surface area contributed by atoms with Crippen molar-refractivity contribution in [2.45, 2.75) is 31.9 Å². The fourth-order valence-electron chi connectivity index (χ4n) is 3.01. The zero-order valence-corrected chi connectivity index (χ0v) is 13.6. The average molecular weight is 323 g/mol. The van der Waals surface area contributed by atoms with Crippen LogP contribution in [0, 0.1) is 0 Å². The quantitative estimate of drug-likeness (QED) is 0.863. The van der Waals surface area contributed by atoms with Crippen molar-refractivity contribution in [3.05, 3.63) is 71.8 Å². The smallest absolute Gasteiger partial charge is 0.410 e. The summed E-state index contributed by atoms with van der Waals surface area (Å²) in [7, 11) is 0. The number of amides is 1. The van der Waals surface area contributed by atoms with Gasteiger partial charge in [0.2, 0.25) is 0 Å². The Kier molecular flexibility index (Phi) is 5.26. The van der Waals surface area contributed by atoms with Crippen LogP contribution in [-0.4, -0.2) is 29.4 Å². The first-order chi connectivity index (χ1) is 11.7. The summed E-state index contributed by atoms with van der Waals surface area (Å²) in [6.07, 6.45) is 1.14. The molecule has 0 saturated carbocycles. The lowest BCUT2D eigenvalue weighted by Gasteiger charge is -2.34. The van der Waals surface area contributed by atoms with Crippen molar-refractivity contribution in [1.82, 2.24) is 4.90 Å². The SMILES string of the molecule is O=C1CCN(C(=O)OCc2ccccc2)C(Cc2ccccc2)C1. The van der Waals surface area contributed by atoms with Crippen LogP contribution in [0.25, 0.3) is 0 Å². The number of hydrogen-bond donors (Lipinski definition) is 0. The Morgan fingerprint density at radius 1 is 1.00 bits per heavy atom. The molecule has 1 saturated heterocycles. The fourth-order valence-corrected chi connectivity index (χ4v) is 3.01. The Labute approximate surface area is 142 Å². The molecule has 1 heterocycles. The minimum absolute atomic E-state index is 0.128. The number of carbonyl (C=O) groups is 2. The number of piperidine rings is 1. The highest BCUT2D eigenvalue weighted by atomic mass is 16.6. The van der Waals surface area contributed by atoms with Gasteiger partial charge in [0.1, 0.15) is 12.4 Å². The van der Waals surface area contributed by atoms with Gasteiger partial charge in [-0.3, -0.25) is 4.79 Å². The third-order valence-corrected chi connectivity index (χ3v) is 4.29. The molecule has 1 atom stereocenters. The van der Waals surface area contributed by atoms with Crippen LogP contribution in [0.2, 0.25) is 0 Å². The summed E-state index contributed by atoms with van der Waals surface area (Å²) in [5, 5.41) is 0. The number of ketones is 1. The lowest BCUT2D eigenvalue weighted by atomic mass is 9.95. The Bertz CT molecular complexity index is 685. The predicted molar refractivity (Wildman–Crippen MR) is 91.5 cm³/mol. The van der Waals surface area contributed by atoms with Gasteiger partial charge < -0.3 is 9.64 Å². The van der Waals surface area contributed by atoms with Gasteiger partial charge in [0, 0.05) is 25.4 Å². The molecule has 2 aromatic rings. The van der Waals surface area contributed by atoms with E-state index in [-0.39, 0.29) is 24.5 Å². The second-order valence-corrected chi connectivity index (χ2v) is 6.07. The second kappa shape index (κ2) is 7.77. The van der Waals surface area contributed by atoms with Crippen molar-refractivity contribution in [2.24, 2.45) is 0 Å². The van der Waals surface area contributed by atoms with E-state index in [1.54, 1.807) is 4.90 Å². The van der Waals surface area contributed by atoms with Crippen molar-refractivity contribution in [1.29, 1.82) is 0 Å². The molecule has 0 aliphatic carbocycles. The van der Waals surface area contributed by atoms with Crippen molar-refractivity contribution in [2.75, 3.05) is 6.54 Å². The van der Waals surface area contributed by atoms with Gasteiger partial charge in [-0.25, -0.2) is 4.79 Å². The molecule has 1 amide bonds. The molecule has 0 N–H and O–H groups in total. The van der Waals surface area contributed by atoms with E-state index in [0.717, 1.165) is 11.1 Å². The Morgan fingerprint density at radius 2 is 1.62 bits per heavy atom. The van der Waals surface area contributed by atoms with E-state index in [1.165, 1.54) is 0 Å². The van der Waals surface area contributed by atoms with E-state index in [9.17, 15) is 9.59 Å². The summed E-state index contributed by atoms with van der Waals surface area (Å²) >= 11 is 0. The maximum absolute atomic E-state index is 12.5. The number of ether oxygens (including phenoxy) is 1. The van der Waals surface area contributed by atoms with Gasteiger partial charge >= 0.3 is 6.09 Å². The van der Waals surface area contributed by atoms with Crippen LogP contribution in [0.15, 0.2) is 60.7 Å². The zero-order valence-electron chi connectivity index (χ0n) is 13.6. The maximum atomic E-state index is 12.5. The predicted octanol–water partition coefficient (Wildman–Crippen LogP) is 3.60.